The minimum Gasteiger partial charge on any atom is -0.255 e. The lowest BCUT2D eigenvalue weighted by molar-refractivity contribution is 0.602. The molecule has 0 saturated carbocycles. The minimum absolute atomic E-state index is 0.290. The van der Waals surface area contributed by atoms with Crippen molar-refractivity contribution in [1.82, 2.24) is 4.98 Å². The Morgan fingerprint density at radius 1 is 1.27 bits per heavy atom. The first-order valence-corrected chi connectivity index (χ1v) is 7.20. The standard InChI is InChI=1S/C10H8INO2S/c1-15(13,14)9-5-4-8(11)7-3-2-6-12-10(7)9/h2-6H,1H3. The Kier molecular flexibility index (Phi) is 2.68. The molecule has 1 aromatic carbocycles. The fourth-order valence-electron chi connectivity index (χ4n) is 1.41. The molecular formula is C10H8INO2S. The molecule has 2 aromatic rings. The number of fused-ring (bicyclic) bond motifs is 1. The lowest BCUT2D eigenvalue weighted by Gasteiger charge is -2.04. The van der Waals surface area contributed by atoms with Crippen molar-refractivity contribution in [2.24, 2.45) is 0 Å². The quantitative estimate of drug-likeness (QED) is 0.752. The summed E-state index contributed by atoms with van der Waals surface area (Å²) in [5.74, 6) is 0. The van der Waals surface area contributed by atoms with Gasteiger partial charge in [0.05, 0.1) is 10.4 Å². The van der Waals surface area contributed by atoms with Gasteiger partial charge in [-0.15, -0.1) is 0 Å². The third-order valence-corrected chi connectivity index (χ3v) is 4.15. The molecule has 0 saturated heterocycles. The maximum atomic E-state index is 11.5. The monoisotopic (exact) mass is 333 g/mol. The molecule has 15 heavy (non-hydrogen) atoms. The molecule has 0 aliphatic rings. The third kappa shape index (κ3) is 1.98. The minimum atomic E-state index is -3.21. The van der Waals surface area contributed by atoms with Crippen LogP contribution in [0.4, 0.5) is 0 Å². The van der Waals surface area contributed by atoms with Gasteiger partial charge in [-0.05, 0) is 40.8 Å². The number of pyridine rings is 1. The molecule has 0 aliphatic heterocycles. The zero-order chi connectivity index (χ0) is 11.1. The van der Waals surface area contributed by atoms with Crippen LogP contribution in [0, 0.1) is 3.57 Å². The SMILES string of the molecule is CS(=O)(=O)c1ccc(I)c2cccnc12. The van der Waals surface area contributed by atoms with Gasteiger partial charge in [-0.3, -0.25) is 4.98 Å². The summed E-state index contributed by atoms with van der Waals surface area (Å²) < 4.78 is 24.0. The molecule has 5 heteroatoms. The summed E-state index contributed by atoms with van der Waals surface area (Å²) in [6, 6.07) is 7.07. The highest BCUT2D eigenvalue weighted by atomic mass is 127. The fourth-order valence-corrected chi connectivity index (χ4v) is 2.86. The van der Waals surface area contributed by atoms with E-state index < -0.39 is 9.84 Å². The Labute approximate surface area is 102 Å². The highest BCUT2D eigenvalue weighted by molar-refractivity contribution is 14.1. The van der Waals surface area contributed by atoms with Crippen LogP contribution in [-0.2, 0) is 9.84 Å². The molecule has 1 aromatic heterocycles. The van der Waals surface area contributed by atoms with E-state index in [1.54, 1.807) is 24.4 Å². The molecular weight excluding hydrogens is 325 g/mol. The highest BCUT2D eigenvalue weighted by Gasteiger charge is 2.13. The number of aromatic nitrogens is 1. The number of sulfone groups is 1. The van der Waals surface area contributed by atoms with Gasteiger partial charge in [-0.1, -0.05) is 6.07 Å². The largest absolute Gasteiger partial charge is 0.255 e. The van der Waals surface area contributed by atoms with E-state index in [4.69, 9.17) is 0 Å². The molecule has 0 atom stereocenters. The summed E-state index contributed by atoms with van der Waals surface area (Å²) in [6.45, 7) is 0. The van der Waals surface area contributed by atoms with Crippen LogP contribution >= 0.6 is 22.6 Å². The second-order valence-corrected chi connectivity index (χ2v) is 6.36. The molecule has 78 valence electrons. The van der Waals surface area contributed by atoms with E-state index in [2.05, 4.69) is 27.6 Å². The molecule has 0 N–H and O–H groups in total. The van der Waals surface area contributed by atoms with E-state index in [1.165, 1.54) is 6.26 Å². The summed E-state index contributed by atoms with van der Waals surface area (Å²) in [5.41, 5.74) is 0.548. The maximum Gasteiger partial charge on any atom is 0.177 e. The van der Waals surface area contributed by atoms with Crippen molar-refractivity contribution in [3.05, 3.63) is 34.0 Å². The number of hydrogen-bond acceptors (Lipinski definition) is 3. The first-order chi connectivity index (χ1) is 7.00. The van der Waals surface area contributed by atoms with Crippen LogP contribution < -0.4 is 0 Å². The molecule has 0 unspecified atom stereocenters. The molecule has 0 aliphatic carbocycles. The highest BCUT2D eigenvalue weighted by Crippen LogP contribution is 2.25. The Hall–Kier alpha value is -0.690. The zero-order valence-electron chi connectivity index (χ0n) is 7.94. The molecule has 0 radical (unpaired) electrons. The van der Waals surface area contributed by atoms with Crippen molar-refractivity contribution in [3.8, 4) is 0 Å². The summed E-state index contributed by atoms with van der Waals surface area (Å²) in [6.07, 6.45) is 2.80. The van der Waals surface area contributed by atoms with Gasteiger partial charge in [0, 0.05) is 21.4 Å². The van der Waals surface area contributed by atoms with Crippen molar-refractivity contribution in [2.45, 2.75) is 4.90 Å². The van der Waals surface area contributed by atoms with Crippen LogP contribution in [0.15, 0.2) is 35.4 Å². The topological polar surface area (TPSA) is 47.0 Å². The number of halogens is 1. The number of hydrogen-bond donors (Lipinski definition) is 0. The van der Waals surface area contributed by atoms with Crippen molar-refractivity contribution < 1.29 is 8.42 Å². The van der Waals surface area contributed by atoms with E-state index in [-0.39, 0.29) is 0 Å². The van der Waals surface area contributed by atoms with Crippen molar-refractivity contribution in [1.29, 1.82) is 0 Å². The van der Waals surface area contributed by atoms with Crippen LogP contribution in [0.2, 0.25) is 0 Å². The van der Waals surface area contributed by atoms with Gasteiger partial charge in [0.25, 0.3) is 0 Å². The van der Waals surface area contributed by atoms with E-state index in [9.17, 15) is 8.42 Å². The molecule has 0 bridgehead atoms. The molecule has 3 nitrogen and oxygen atoms in total. The smallest absolute Gasteiger partial charge is 0.177 e. The molecule has 1 heterocycles. The van der Waals surface area contributed by atoms with Gasteiger partial charge in [0.1, 0.15) is 0 Å². The molecule has 2 rings (SSSR count). The average Bonchev–Trinajstić information content (AvgIpc) is 2.17. The molecule has 0 spiro atoms. The van der Waals surface area contributed by atoms with Gasteiger partial charge in [-0.25, -0.2) is 8.42 Å². The summed E-state index contributed by atoms with van der Waals surface area (Å²) in [5, 5.41) is 0.876. The number of benzene rings is 1. The number of rotatable bonds is 1. The fraction of sp³-hybridized carbons (Fsp3) is 0.100. The summed E-state index contributed by atoms with van der Waals surface area (Å²) >= 11 is 2.17. The van der Waals surface area contributed by atoms with Crippen molar-refractivity contribution >= 4 is 43.3 Å². The Bertz CT molecular complexity index is 622. The Balaban J connectivity index is 2.96. The summed E-state index contributed by atoms with van der Waals surface area (Å²) in [7, 11) is -3.21. The van der Waals surface area contributed by atoms with Crippen molar-refractivity contribution in [3.63, 3.8) is 0 Å². The average molecular weight is 333 g/mol. The Morgan fingerprint density at radius 3 is 2.67 bits per heavy atom. The van der Waals surface area contributed by atoms with Crippen LogP contribution in [0.5, 0.6) is 0 Å². The van der Waals surface area contributed by atoms with Gasteiger partial charge in [0.2, 0.25) is 0 Å². The lowest BCUT2D eigenvalue weighted by atomic mass is 10.2. The van der Waals surface area contributed by atoms with E-state index in [0.29, 0.717) is 10.4 Å². The maximum absolute atomic E-state index is 11.5. The first-order valence-electron chi connectivity index (χ1n) is 4.23. The Morgan fingerprint density at radius 2 is 2.00 bits per heavy atom. The van der Waals surface area contributed by atoms with Gasteiger partial charge in [-0.2, -0.15) is 0 Å². The second-order valence-electron chi connectivity index (χ2n) is 3.22. The van der Waals surface area contributed by atoms with Crippen LogP contribution in [-0.4, -0.2) is 19.7 Å². The molecule has 0 fully saturated rings. The van der Waals surface area contributed by atoms with Gasteiger partial charge < -0.3 is 0 Å². The third-order valence-electron chi connectivity index (χ3n) is 2.08. The van der Waals surface area contributed by atoms with Crippen LogP contribution in [0.1, 0.15) is 0 Å². The van der Waals surface area contributed by atoms with E-state index >= 15 is 0 Å². The van der Waals surface area contributed by atoms with E-state index in [0.717, 1.165) is 8.96 Å². The van der Waals surface area contributed by atoms with E-state index in [1.807, 2.05) is 6.07 Å². The predicted molar refractivity (Wildman–Crippen MR) is 67.6 cm³/mol. The molecule has 0 amide bonds. The second kappa shape index (κ2) is 3.71. The zero-order valence-corrected chi connectivity index (χ0v) is 10.9. The van der Waals surface area contributed by atoms with Crippen molar-refractivity contribution in [2.75, 3.05) is 6.26 Å². The first kappa shape index (κ1) is 10.8. The van der Waals surface area contributed by atoms with Crippen LogP contribution in [0.3, 0.4) is 0 Å². The predicted octanol–water partition coefficient (Wildman–Crippen LogP) is 2.24. The summed E-state index contributed by atoms with van der Waals surface area (Å²) in [4.78, 5) is 4.41. The van der Waals surface area contributed by atoms with Gasteiger partial charge in [0.15, 0.2) is 9.84 Å². The number of nitrogens with zero attached hydrogens (tertiary/aromatic N) is 1. The van der Waals surface area contributed by atoms with Gasteiger partial charge >= 0.3 is 0 Å². The lowest BCUT2D eigenvalue weighted by Crippen LogP contribution is -1.99. The normalized spacial score (nSPS) is 11.9. The van der Waals surface area contributed by atoms with Crippen LogP contribution in [0.25, 0.3) is 10.9 Å².